The molecule has 3 aromatic rings. The van der Waals surface area contributed by atoms with E-state index >= 15 is 0 Å². The number of imidazole rings is 1. The SMILES string of the molecule is Cc1cccc(/C=N/Nc2cc3nc(C(=O)CC4CCCCN4)cn3c(N3CCOCC3)n2)c1. The van der Waals surface area contributed by atoms with Crippen LogP contribution in [0.2, 0.25) is 0 Å². The summed E-state index contributed by atoms with van der Waals surface area (Å²) in [6.07, 6.45) is 7.43. The number of piperidine rings is 1. The van der Waals surface area contributed by atoms with Gasteiger partial charge >= 0.3 is 0 Å². The number of benzene rings is 1. The number of aryl methyl sites for hydroxylation is 1. The highest BCUT2D eigenvalue weighted by Gasteiger charge is 2.22. The first-order valence-electron chi connectivity index (χ1n) is 12.0. The Bertz CT molecular complexity index is 1180. The molecule has 178 valence electrons. The van der Waals surface area contributed by atoms with Crippen LogP contribution in [-0.2, 0) is 4.74 Å². The molecule has 4 heterocycles. The third-order valence-electron chi connectivity index (χ3n) is 6.29. The first kappa shape index (κ1) is 22.5. The molecule has 9 heteroatoms. The monoisotopic (exact) mass is 461 g/mol. The number of carbonyl (C=O) groups excluding carboxylic acids is 1. The van der Waals surface area contributed by atoms with Crippen LogP contribution in [-0.4, -0.2) is 65.3 Å². The summed E-state index contributed by atoms with van der Waals surface area (Å²) in [5.41, 5.74) is 6.37. The minimum Gasteiger partial charge on any atom is -0.378 e. The number of hydrazone groups is 1. The number of carbonyl (C=O) groups is 1. The van der Waals surface area contributed by atoms with Crippen molar-refractivity contribution >= 4 is 29.4 Å². The van der Waals surface area contributed by atoms with Gasteiger partial charge in [0, 0.05) is 37.8 Å². The van der Waals surface area contributed by atoms with Crippen LogP contribution in [0, 0.1) is 6.92 Å². The van der Waals surface area contributed by atoms with Crippen molar-refractivity contribution in [3.63, 3.8) is 0 Å². The Morgan fingerprint density at radius 2 is 2.15 bits per heavy atom. The minimum absolute atomic E-state index is 0.0583. The Morgan fingerprint density at radius 3 is 2.94 bits per heavy atom. The van der Waals surface area contributed by atoms with Crippen molar-refractivity contribution in [2.75, 3.05) is 43.2 Å². The highest BCUT2D eigenvalue weighted by atomic mass is 16.5. The molecule has 2 saturated heterocycles. The van der Waals surface area contributed by atoms with E-state index in [0.29, 0.717) is 36.8 Å². The second-order valence-electron chi connectivity index (χ2n) is 8.95. The van der Waals surface area contributed by atoms with Gasteiger partial charge < -0.3 is 15.0 Å². The first-order chi connectivity index (χ1) is 16.7. The summed E-state index contributed by atoms with van der Waals surface area (Å²) in [7, 11) is 0. The molecule has 1 atom stereocenters. The fourth-order valence-electron chi connectivity index (χ4n) is 4.50. The van der Waals surface area contributed by atoms with Gasteiger partial charge in [-0.05, 0) is 31.9 Å². The van der Waals surface area contributed by atoms with Crippen LogP contribution in [0.15, 0.2) is 41.6 Å². The van der Waals surface area contributed by atoms with Gasteiger partial charge in [-0.25, -0.2) is 4.98 Å². The zero-order valence-electron chi connectivity index (χ0n) is 19.5. The van der Waals surface area contributed by atoms with Crippen LogP contribution in [0.25, 0.3) is 5.65 Å². The summed E-state index contributed by atoms with van der Waals surface area (Å²) >= 11 is 0. The van der Waals surface area contributed by atoms with E-state index in [2.05, 4.69) is 44.8 Å². The maximum Gasteiger partial charge on any atom is 0.213 e. The number of anilines is 2. The summed E-state index contributed by atoms with van der Waals surface area (Å²) in [4.78, 5) is 24.6. The van der Waals surface area contributed by atoms with E-state index in [4.69, 9.17) is 9.72 Å². The molecule has 5 rings (SSSR count). The molecule has 0 bridgehead atoms. The van der Waals surface area contributed by atoms with E-state index in [9.17, 15) is 4.79 Å². The molecule has 34 heavy (non-hydrogen) atoms. The summed E-state index contributed by atoms with van der Waals surface area (Å²) < 4.78 is 7.43. The topological polar surface area (TPSA) is 96.1 Å². The van der Waals surface area contributed by atoms with E-state index < -0.39 is 0 Å². The molecule has 9 nitrogen and oxygen atoms in total. The molecular weight excluding hydrogens is 430 g/mol. The van der Waals surface area contributed by atoms with Gasteiger partial charge in [0.25, 0.3) is 0 Å². The summed E-state index contributed by atoms with van der Waals surface area (Å²) in [6, 6.07) is 10.2. The summed E-state index contributed by atoms with van der Waals surface area (Å²) in [5.74, 6) is 1.37. The van der Waals surface area contributed by atoms with Crippen LogP contribution in [0.3, 0.4) is 0 Å². The third-order valence-corrected chi connectivity index (χ3v) is 6.29. The molecule has 1 aromatic carbocycles. The molecule has 1 unspecified atom stereocenters. The number of rotatable bonds is 7. The maximum atomic E-state index is 13.0. The van der Waals surface area contributed by atoms with Gasteiger partial charge in [-0.1, -0.05) is 36.2 Å². The first-order valence-corrected chi connectivity index (χ1v) is 12.0. The van der Waals surface area contributed by atoms with Gasteiger partial charge in [0.1, 0.15) is 11.3 Å². The molecular formula is C25H31N7O2. The van der Waals surface area contributed by atoms with E-state index in [1.54, 1.807) is 6.21 Å². The molecule has 0 aliphatic carbocycles. The van der Waals surface area contributed by atoms with Crippen molar-refractivity contribution < 1.29 is 9.53 Å². The van der Waals surface area contributed by atoms with Gasteiger partial charge in [-0.15, -0.1) is 0 Å². The van der Waals surface area contributed by atoms with Gasteiger partial charge in [-0.3, -0.25) is 14.6 Å². The zero-order valence-corrected chi connectivity index (χ0v) is 19.5. The average Bonchev–Trinajstić information content (AvgIpc) is 3.29. The molecule has 0 radical (unpaired) electrons. The Labute approximate surface area is 199 Å². The van der Waals surface area contributed by atoms with Gasteiger partial charge in [-0.2, -0.15) is 10.1 Å². The van der Waals surface area contributed by atoms with Crippen molar-refractivity contribution in [2.45, 2.75) is 38.6 Å². The van der Waals surface area contributed by atoms with E-state index in [1.807, 2.05) is 28.8 Å². The minimum atomic E-state index is 0.0583. The van der Waals surface area contributed by atoms with Crippen molar-refractivity contribution in [2.24, 2.45) is 5.10 Å². The number of aromatic nitrogens is 3. The fraction of sp³-hybridized carbons (Fsp3) is 0.440. The Hall–Kier alpha value is -3.30. The molecule has 0 spiro atoms. The lowest BCUT2D eigenvalue weighted by Crippen LogP contribution is -2.38. The Kier molecular flexibility index (Phi) is 6.82. The van der Waals surface area contributed by atoms with Crippen LogP contribution in [0.1, 0.15) is 47.3 Å². The quantitative estimate of drug-likeness (QED) is 0.317. The second-order valence-corrected chi connectivity index (χ2v) is 8.95. The fourth-order valence-corrected chi connectivity index (χ4v) is 4.50. The van der Waals surface area contributed by atoms with E-state index in [1.165, 1.54) is 18.4 Å². The van der Waals surface area contributed by atoms with Crippen LogP contribution < -0.4 is 15.6 Å². The standard InChI is InChI=1S/C25H31N7O2/c1-18-5-4-6-19(13-18)16-27-30-23-15-24-28-21(22(33)14-20-7-2-3-8-26-20)17-32(24)25(29-23)31-9-11-34-12-10-31/h4-6,13,15-17,20,26,30H,2-3,7-12,14H2,1H3/b27-16+. The molecule has 2 aliphatic heterocycles. The van der Waals surface area contributed by atoms with Crippen LogP contribution >= 0.6 is 0 Å². The maximum absolute atomic E-state index is 13.0. The molecule has 0 saturated carbocycles. The largest absolute Gasteiger partial charge is 0.378 e. The lowest BCUT2D eigenvalue weighted by molar-refractivity contribution is 0.0959. The van der Waals surface area contributed by atoms with Crippen LogP contribution in [0.5, 0.6) is 0 Å². The zero-order chi connectivity index (χ0) is 23.3. The number of nitrogens with zero attached hydrogens (tertiary/aromatic N) is 5. The number of ether oxygens (including phenoxy) is 1. The molecule has 0 amide bonds. The Morgan fingerprint density at radius 1 is 1.26 bits per heavy atom. The number of Topliss-reactive ketones (excluding diaryl/α,β-unsaturated/α-hetero) is 1. The second kappa shape index (κ2) is 10.3. The Balaban J connectivity index is 1.41. The molecule has 2 fully saturated rings. The molecule has 2 N–H and O–H groups in total. The highest BCUT2D eigenvalue weighted by Crippen LogP contribution is 2.22. The average molecular weight is 462 g/mol. The van der Waals surface area contributed by atoms with Crippen molar-refractivity contribution in [1.29, 1.82) is 0 Å². The van der Waals surface area contributed by atoms with E-state index in [0.717, 1.165) is 37.6 Å². The van der Waals surface area contributed by atoms with Gasteiger partial charge in [0.2, 0.25) is 5.95 Å². The van der Waals surface area contributed by atoms with Crippen molar-refractivity contribution in [3.8, 4) is 0 Å². The predicted octanol–water partition coefficient (Wildman–Crippen LogP) is 3.04. The number of fused-ring (bicyclic) bond motifs is 1. The molecule has 2 aromatic heterocycles. The normalized spacial score (nSPS) is 19.1. The van der Waals surface area contributed by atoms with E-state index in [-0.39, 0.29) is 11.8 Å². The van der Waals surface area contributed by atoms with Gasteiger partial charge in [0.05, 0.1) is 19.4 Å². The smallest absolute Gasteiger partial charge is 0.213 e. The van der Waals surface area contributed by atoms with Crippen LogP contribution in [0.4, 0.5) is 11.8 Å². The summed E-state index contributed by atoms with van der Waals surface area (Å²) in [5, 5.41) is 7.82. The lowest BCUT2D eigenvalue weighted by Gasteiger charge is -2.28. The predicted molar refractivity (Wildman–Crippen MR) is 133 cm³/mol. The van der Waals surface area contributed by atoms with Gasteiger partial charge in [0.15, 0.2) is 11.6 Å². The molecule has 2 aliphatic rings. The van der Waals surface area contributed by atoms with Crippen molar-refractivity contribution in [3.05, 3.63) is 53.3 Å². The number of nitrogens with one attached hydrogen (secondary N) is 2. The number of hydrogen-bond donors (Lipinski definition) is 2. The van der Waals surface area contributed by atoms with Crippen molar-refractivity contribution in [1.82, 2.24) is 19.7 Å². The number of morpholine rings is 1. The lowest BCUT2D eigenvalue weighted by atomic mass is 9.99. The highest BCUT2D eigenvalue weighted by molar-refractivity contribution is 5.95. The number of ketones is 1. The number of hydrogen-bond acceptors (Lipinski definition) is 8. The third kappa shape index (κ3) is 5.26. The summed E-state index contributed by atoms with van der Waals surface area (Å²) in [6.45, 7) is 5.76.